The van der Waals surface area contributed by atoms with Crippen LogP contribution in [0.15, 0.2) is 0 Å². The van der Waals surface area contributed by atoms with Crippen LogP contribution in [0.25, 0.3) is 0 Å². The Morgan fingerprint density at radius 1 is 1.75 bits per heavy atom. The van der Waals surface area contributed by atoms with Crippen LogP contribution in [-0.2, 0) is 0 Å². The smallest absolute Gasteiger partial charge is 0.0554 e. The summed E-state index contributed by atoms with van der Waals surface area (Å²) in [4.78, 5) is 0. The van der Waals surface area contributed by atoms with Crippen LogP contribution < -0.4 is 0 Å². The van der Waals surface area contributed by atoms with E-state index in [9.17, 15) is 0 Å². The summed E-state index contributed by atoms with van der Waals surface area (Å²) < 4.78 is 0. The zero-order valence-corrected chi connectivity index (χ0v) is 3.29. The van der Waals surface area contributed by atoms with E-state index >= 15 is 0 Å². The predicted octanol–water partition coefficient (Wildman–Crippen LogP) is 0.668. The molecule has 1 N–H and O–H groups in total. The molecule has 3 heteroatoms. The van der Waals surface area contributed by atoms with Crippen LogP contribution in [0.2, 0.25) is 0 Å². The fourth-order valence-corrected chi connectivity index (χ4v) is 0. The molecule has 24 valence electrons. The summed E-state index contributed by atoms with van der Waals surface area (Å²) in [6.07, 6.45) is 0. The van der Waals surface area contributed by atoms with Crippen molar-refractivity contribution in [2.24, 2.45) is 0 Å². The van der Waals surface area contributed by atoms with Gasteiger partial charge in [-0.1, -0.05) is 0 Å². The van der Waals surface area contributed by atoms with Crippen LogP contribution in [0, 0.1) is 43.1 Å². The van der Waals surface area contributed by atoms with Gasteiger partial charge in [0.1, 0.15) is 0 Å². The maximum Gasteiger partial charge on any atom is 0.0554 e. The Balaban J connectivity index is 0. The van der Waals surface area contributed by atoms with E-state index in [0.717, 1.165) is 0 Å². The first kappa shape index (κ1) is 8.91. The summed E-state index contributed by atoms with van der Waals surface area (Å²) in [6, 6.07) is 0. The molecule has 0 rings (SSSR count). The van der Waals surface area contributed by atoms with Gasteiger partial charge in [0, 0.05) is 37.7 Å². The van der Waals surface area contributed by atoms with Gasteiger partial charge in [-0.3, -0.25) is 0 Å². The SMILES string of the molecule is N=C=S.[Ar]. The third kappa shape index (κ3) is 11.6. The monoisotopic (exact) mass is 98.9 g/mol. The van der Waals surface area contributed by atoms with Gasteiger partial charge in [-0.15, -0.1) is 0 Å². The van der Waals surface area contributed by atoms with Crippen LogP contribution in [0.5, 0.6) is 0 Å². The number of nitrogens with one attached hydrogen (secondary N) is 1. The van der Waals surface area contributed by atoms with E-state index in [0.29, 0.717) is 0 Å². The number of hydrogen-bond donors (Lipinski definition) is 1. The van der Waals surface area contributed by atoms with Gasteiger partial charge in [-0.05, 0) is 12.2 Å². The quantitative estimate of drug-likeness (QED) is 0.350. The molecule has 4 heavy (non-hydrogen) atoms. The Kier molecular flexibility index (Phi) is 19.9. The molecule has 0 unspecified atom stereocenters. The maximum absolute atomic E-state index is 5.77. The second kappa shape index (κ2) is 8.96. The van der Waals surface area contributed by atoms with Crippen LogP contribution in [-0.4, -0.2) is 5.16 Å². The molecular weight excluding hydrogens is 98.0 g/mol. The molecule has 0 saturated carbocycles. The second-order valence-electron chi connectivity index (χ2n) is 0.102. The van der Waals surface area contributed by atoms with Gasteiger partial charge in [0.15, 0.2) is 0 Å². The molecule has 0 saturated heterocycles. The van der Waals surface area contributed by atoms with E-state index in [4.69, 9.17) is 5.41 Å². The zero-order chi connectivity index (χ0) is 2.71. The minimum absolute atomic E-state index is 0. The van der Waals surface area contributed by atoms with E-state index < -0.39 is 0 Å². The molecule has 0 fully saturated rings. The average molecular weight is 99.0 g/mol. The summed E-state index contributed by atoms with van der Waals surface area (Å²) in [6.45, 7) is 0. The molecule has 0 heterocycles. The number of hydrogen-bond acceptors (Lipinski definition) is 2. The Bertz CT molecular complexity index is 29.0. The van der Waals surface area contributed by atoms with Crippen molar-refractivity contribution in [2.45, 2.75) is 0 Å². The summed E-state index contributed by atoms with van der Waals surface area (Å²) in [5, 5.41) is 7.36. The van der Waals surface area contributed by atoms with Crippen molar-refractivity contribution in [3.63, 3.8) is 0 Å². The molecule has 0 aromatic heterocycles. The predicted molar refractivity (Wildman–Crippen MR) is 15.3 cm³/mol. The first-order valence-electron chi connectivity index (χ1n) is 0.454. The van der Waals surface area contributed by atoms with E-state index in [1.807, 2.05) is 0 Å². The molecule has 0 aliphatic heterocycles. The summed E-state index contributed by atoms with van der Waals surface area (Å²) in [5.74, 6) is 0. The van der Waals surface area contributed by atoms with Crippen molar-refractivity contribution in [3.8, 4) is 0 Å². The third-order valence-corrected chi connectivity index (χ3v) is 0. The van der Waals surface area contributed by atoms with Crippen LogP contribution in [0.3, 0.4) is 0 Å². The Morgan fingerprint density at radius 2 is 1.75 bits per heavy atom. The molecule has 0 aliphatic rings. The van der Waals surface area contributed by atoms with Crippen molar-refractivity contribution in [1.29, 1.82) is 5.41 Å². The van der Waals surface area contributed by atoms with Gasteiger partial charge in [0.05, 0.1) is 5.16 Å². The summed E-state index contributed by atoms with van der Waals surface area (Å²) in [5.41, 5.74) is 0. The minimum Gasteiger partial charge on any atom is -0.248 e. The van der Waals surface area contributed by atoms with Gasteiger partial charge in [0.25, 0.3) is 0 Å². The molecular formula is CHArNS. The maximum atomic E-state index is 5.77. The standard InChI is InChI=1S/CHNS.Ar/c2-1-3;/h2H;. The van der Waals surface area contributed by atoms with E-state index in [2.05, 4.69) is 12.2 Å². The Morgan fingerprint density at radius 3 is 1.75 bits per heavy atom. The van der Waals surface area contributed by atoms with Crippen LogP contribution >= 0.6 is 12.2 Å². The number of rotatable bonds is 0. The largest absolute Gasteiger partial charge is 0.248 e. The van der Waals surface area contributed by atoms with Gasteiger partial charge >= 0.3 is 0 Å². The van der Waals surface area contributed by atoms with Gasteiger partial charge in [-0.25, -0.2) is 5.41 Å². The molecule has 0 aromatic carbocycles. The molecule has 1 nitrogen and oxygen atoms in total. The van der Waals surface area contributed by atoms with Crippen molar-refractivity contribution in [1.82, 2.24) is 0 Å². The third-order valence-electron chi connectivity index (χ3n) is 0. The molecule has 0 atom stereocenters. The molecule has 0 aliphatic carbocycles. The topological polar surface area (TPSA) is 23.9 Å². The first-order valence-corrected chi connectivity index (χ1v) is 0.862. The molecule has 0 bridgehead atoms. The number of isothiocyanates is 1. The first-order chi connectivity index (χ1) is 1.41. The van der Waals surface area contributed by atoms with Crippen molar-refractivity contribution < 1.29 is 37.7 Å². The molecule has 0 radical (unpaired) electrons. The Hall–Kier alpha value is 1.06. The number of thiocarbonyl (C=S) groups is 1. The normalized spacial score (nSPS) is 2.00. The Labute approximate surface area is 59.9 Å². The molecule has 0 spiro atoms. The minimum atomic E-state index is 0. The van der Waals surface area contributed by atoms with Gasteiger partial charge in [0.2, 0.25) is 0 Å². The van der Waals surface area contributed by atoms with E-state index in [1.54, 1.807) is 5.16 Å². The molecule has 0 aromatic rings. The summed E-state index contributed by atoms with van der Waals surface area (Å²) in [7, 11) is 0. The van der Waals surface area contributed by atoms with Crippen molar-refractivity contribution in [2.75, 3.05) is 0 Å². The van der Waals surface area contributed by atoms with E-state index in [-0.39, 0.29) is 37.7 Å². The average Bonchev–Trinajstić information content (AvgIpc) is 0.918. The van der Waals surface area contributed by atoms with Crippen LogP contribution in [0.1, 0.15) is 0 Å². The molecule has 0 amide bonds. The fraction of sp³-hybridized carbons (Fsp3) is 0. The van der Waals surface area contributed by atoms with Crippen LogP contribution in [0.4, 0.5) is 0 Å². The second-order valence-corrected chi connectivity index (χ2v) is 0.306. The zero-order valence-electron chi connectivity index (χ0n) is 1.76. The van der Waals surface area contributed by atoms with Gasteiger partial charge in [-0.2, -0.15) is 0 Å². The fourth-order valence-electron chi connectivity index (χ4n) is 0. The van der Waals surface area contributed by atoms with Crippen molar-refractivity contribution in [3.05, 3.63) is 0 Å². The summed E-state index contributed by atoms with van der Waals surface area (Å²) >= 11 is 3.81. The van der Waals surface area contributed by atoms with Crippen molar-refractivity contribution >= 4 is 17.4 Å². The van der Waals surface area contributed by atoms with E-state index in [1.165, 1.54) is 0 Å². The van der Waals surface area contributed by atoms with Gasteiger partial charge < -0.3 is 0 Å².